The van der Waals surface area contributed by atoms with Crippen molar-refractivity contribution in [2.24, 2.45) is 5.41 Å². The van der Waals surface area contributed by atoms with Crippen molar-refractivity contribution < 1.29 is 4.74 Å². The van der Waals surface area contributed by atoms with E-state index in [2.05, 4.69) is 37.9 Å². The molecule has 1 saturated heterocycles. The van der Waals surface area contributed by atoms with Gasteiger partial charge in [0.05, 0.1) is 5.60 Å². The molecule has 0 aromatic rings. The van der Waals surface area contributed by atoms with Crippen LogP contribution in [0.3, 0.4) is 0 Å². The monoisotopic (exact) mass is 256 g/mol. The number of piperidine rings is 1. The molecule has 0 aromatic carbocycles. The van der Waals surface area contributed by atoms with Gasteiger partial charge in [-0.05, 0) is 52.2 Å². The summed E-state index contributed by atoms with van der Waals surface area (Å²) < 4.78 is 5.61. The van der Waals surface area contributed by atoms with Crippen LogP contribution >= 0.6 is 0 Å². The Kier molecular flexibility index (Phi) is 5.63. The Hall–Kier alpha value is -0.120. The van der Waals surface area contributed by atoms with Crippen molar-refractivity contribution in [1.82, 2.24) is 10.2 Å². The van der Waals surface area contributed by atoms with Crippen molar-refractivity contribution in [1.29, 1.82) is 0 Å². The quantitative estimate of drug-likeness (QED) is 0.790. The molecule has 1 aliphatic heterocycles. The van der Waals surface area contributed by atoms with Crippen molar-refractivity contribution in [2.45, 2.75) is 58.6 Å². The summed E-state index contributed by atoms with van der Waals surface area (Å²) in [4.78, 5) is 2.58. The summed E-state index contributed by atoms with van der Waals surface area (Å²) in [5.41, 5.74) is 0.461. The van der Waals surface area contributed by atoms with Crippen LogP contribution in [0.5, 0.6) is 0 Å². The molecule has 1 rings (SSSR count). The molecule has 0 radical (unpaired) electrons. The Morgan fingerprint density at radius 2 is 1.89 bits per heavy atom. The average Bonchev–Trinajstić information content (AvgIpc) is 2.38. The zero-order valence-electron chi connectivity index (χ0n) is 13.2. The van der Waals surface area contributed by atoms with Crippen LogP contribution < -0.4 is 5.32 Å². The third-order valence-corrected chi connectivity index (χ3v) is 5.07. The average molecular weight is 256 g/mol. The lowest BCUT2D eigenvalue weighted by molar-refractivity contribution is -0.0229. The van der Waals surface area contributed by atoms with Crippen LogP contribution in [0.1, 0.15) is 47.0 Å². The fraction of sp³-hybridized carbons (Fsp3) is 1.00. The minimum Gasteiger partial charge on any atom is -0.377 e. The topological polar surface area (TPSA) is 24.5 Å². The lowest BCUT2D eigenvalue weighted by Crippen LogP contribution is -2.54. The number of hydrogen-bond donors (Lipinski definition) is 1. The maximum atomic E-state index is 5.61. The highest BCUT2D eigenvalue weighted by atomic mass is 16.5. The standard InChI is InChI=1S/C15H32N2O/c1-7-15(4)8-10-17(11-9-15)12-13(16-5)14(2,3)18-6/h13,16H,7-12H2,1-6H3. The van der Waals surface area contributed by atoms with E-state index in [-0.39, 0.29) is 5.60 Å². The fourth-order valence-electron chi connectivity index (χ4n) is 2.69. The van der Waals surface area contributed by atoms with Gasteiger partial charge < -0.3 is 15.0 Å². The predicted octanol–water partition coefficient (Wildman–Crippen LogP) is 2.51. The Morgan fingerprint density at radius 3 is 2.28 bits per heavy atom. The molecule has 18 heavy (non-hydrogen) atoms. The highest BCUT2D eigenvalue weighted by Gasteiger charge is 2.33. The largest absolute Gasteiger partial charge is 0.377 e. The van der Waals surface area contributed by atoms with E-state index in [0.717, 1.165) is 6.54 Å². The summed E-state index contributed by atoms with van der Waals surface area (Å²) in [6.07, 6.45) is 3.96. The highest BCUT2D eigenvalue weighted by Crippen LogP contribution is 2.34. The first kappa shape index (κ1) is 15.9. The highest BCUT2D eigenvalue weighted by molar-refractivity contribution is 4.89. The number of rotatable bonds is 6. The number of likely N-dealkylation sites (N-methyl/N-ethyl adjacent to an activating group) is 1. The predicted molar refractivity (Wildman–Crippen MR) is 78.0 cm³/mol. The zero-order chi connectivity index (χ0) is 13.8. The van der Waals surface area contributed by atoms with E-state index in [1.165, 1.54) is 32.4 Å². The summed E-state index contributed by atoms with van der Waals surface area (Å²) in [5.74, 6) is 0. The number of methoxy groups -OCH3 is 1. The van der Waals surface area contributed by atoms with E-state index in [1.54, 1.807) is 7.11 Å². The lowest BCUT2D eigenvalue weighted by atomic mass is 9.78. The van der Waals surface area contributed by atoms with E-state index < -0.39 is 0 Å². The summed E-state index contributed by atoms with van der Waals surface area (Å²) in [5, 5.41) is 3.41. The molecule has 1 atom stereocenters. The van der Waals surface area contributed by atoms with E-state index >= 15 is 0 Å². The molecular formula is C15H32N2O. The molecule has 3 heteroatoms. The van der Waals surface area contributed by atoms with Crippen LogP contribution in [-0.2, 0) is 4.74 Å². The first-order valence-electron chi connectivity index (χ1n) is 7.31. The Bertz CT molecular complexity index is 245. The molecule has 0 aliphatic carbocycles. The third kappa shape index (κ3) is 3.94. The van der Waals surface area contributed by atoms with Crippen LogP contribution in [0.25, 0.3) is 0 Å². The lowest BCUT2D eigenvalue weighted by Gasteiger charge is -2.42. The van der Waals surface area contributed by atoms with Crippen molar-refractivity contribution in [3.05, 3.63) is 0 Å². The smallest absolute Gasteiger partial charge is 0.0787 e. The molecule has 1 unspecified atom stereocenters. The number of nitrogens with zero attached hydrogens (tertiary/aromatic N) is 1. The molecule has 0 saturated carbocycles. The van der Waals surface area contributed by atoms with Crippen molar-refractivity contribution in [3.63, 3.8) is 0 Å². The number of nitrogens with one attached hydrogen (secondary N) is 1. The molecule has 1 fully saturated rings. The minimum atomic E-state index is -0.111. The third-order valence-electron chi connectivity index (χ3n) is 5.07. The molecule has 1 aliphatic rings. The summed E-state index contributed by atoms with van der Waals surface area (Å²) in [6, 6.07) is 0.383. The van der Waals surface area contributed by atoms with Crippen LogP contribution in [0.2, 0.25) is 0 Å². The first-order chi connectivity index (χ1) is 8.37. The van der Waals surface area contributed by atoms with Crippen molar-refractivity contribution in [2.75, 3.05) is 33.8 Å². The van der Waals surface area contributed by atoms with Gasteiger partial charge in [-0.25, -0.2) is 0 Å². The first-order valence-corrected chi connectivity index (χ1v) is 7.31. The second-order valence-corrected chi connectivity index (χ2v) is 6.61. The number of ether oxygens (including phenoxy) is 1. The summed E-state index contributed by atoms with van der Waals surface area (Å²) >= 11 is 0. The SMILES string of the molecule is CCC1(C)CCN(CC(NC)C(C)(C)OC)CC1. The summed E-state index contributed by atoms with van der Waals surface area (Å²) in [7, 11) is 3.83. The molecule has 1 heterocycles. The normalized spacial score (nSPS) is 23.0. The number of hydrogen-bond acceptors (Lipinski definition) is 3. The van der Waals surface area contributed by atoms with E-state index in [0.29, 0.717) is 11.5 Å². The molecule has 0 amide bonds. The van der Waals surface area contributed by atoms with Crippen molar-refractivity contribution >= 4 is 0 Å². The van der Waals surface area contributed by atoms with Gasteiger partial charge in [-0.3, -0.25) is 0 Å². The van der Waals surface area contributed by atoms with Gasteiger partial charge in [0, 0.05) is 19.7 Å². The molecule has 1 N–H and O–H groups in total. The number of likely N-dealkylation sites (tertiary alicyclic amines) is 1. The van der Waals surface area contributed by atoms with E-state index in [1.807, 2.05) is 7.05 Å². The zero-order valence-corrected chi connectivity index (χ0v) is 13.2. The van der Waals surface area contributed by atoms with Gasteiger partial charge in [-0.2, -0.15) is 0 Å². The van der Waals surface area contributed by atoms with Gasteiger partial charge in [0.1, 0.15) is 0 Å². The molecule has 0 spiro atoms. The van der Waals surface area contributed by atoms with E-state index in [4.69, 9.17) is 4.74 Å². The minimum absolute atomic E-state index is 0.111. The Morgan fingerprint density at radius 1 is 1.33 bits per heavy atom. The van der Waals surface area contributed by atoms with Crippen molar-refractivity contribution in [3.8, 4) is 0 Å². The van der Waals surface area contributed by atoms with Gasteiger partial charge >= 0.3 is 0 Å². The second-order valence-electron chi connectivity index (χ2n) is 6.61. The van der Waals surface area contributed by atoms with Gasteiger partial charge in [0.25, 0.3) is 0 Å². The maximum absolute atomic E-state index is 5.61. The molecular weight excluding hydrogens is 224 g/mol. The fourth-order valence-corrected chi connectivity index (χ4v) is 2.69. The van der Waals surface area contributed by atoms with Crippen LogP contribution in [0.4, 0.5) is 0 Å². The van der Waals surface area contributed by atoms with Crippen LogP contribution in [0, 0.1) is 5.41 Å². The van der Waals surface area contributed by atoms with E-state index in [9.17, 15) is 0 Å². The summed E-state index contributed by atoms with van der Waals surface area (Å²) in [6.45, 7) is 12.6. The Balaban J connectivity index is 2.49. The second kappa shape index (κ2) is 6.36. The van der Waals surface area contributed by atoms with Gasteiger partial charge in [-0.1, -0.05) is 20.3 Å². The molecule has 3 nitrogen and oxygen atoms in total. The van der Waals surface area contributed by atoms with Crippen LogP contribution in [0.15, 0.2) is 0 Å². The Labute approximate surface area is 113 Å². The van der Waals surface area contributed by atoms with Crippen LogP contribution in [-0.4, -0.2) is 50.3 Å². The maximum Gasteiger partial charge on any atom is 0.0787 e. The van der Waals surface area contributed by atoms with Gasteiger partial charge in [0.2, 0.25) is 0 Å². The van der Waals surface area contributed by atoms with Gasteiger partial charge in [-0.15, -0.1) is 0 Å². The molecule has 0 bridgehead atoms. The van der Waals surface area contributed by atoms with Gasteiger partial charge in [0.15, 0.2) is 0 Å². The molecule has 108 valence electrons. The molecule has 0 aromatic heterocycles.